The first kappa shape index (κ1) is 15.4. The average Bonchev–Trinajstić information content (AvgIpc) is 2.38. The van der Waals surface area contributed by atoms with E-state index in [2.05, 4.69) is 6.58 Å². The van der Waals surface area contributed by atoms with Crippen molar-refractivity contribution < 1.29 is 9.18 Å². The van der Waals surface area contributed by atoms with Crippen LogP contribution in [0.4, 0.5) is 4.39 Å². The van der Waals surface area contributed by atoms with Crippen molar-refractivity contribution in [2.45, 2.75) is 26.4 Å². The quantitative estimate of drug-likeness (QED) is 0.801. The molecule has 0 aromatic heterocycles. The topological polar surface area (TPSA) is 46.3 Å². The van der Waals surface area contributed by atoms with Crippen molar-refractivity contribution in [3.05, 3.63) is 48.3 Å². The highest BCUT2D eigenvalue weighted by Crippen LogP contribution is 2.13. The highest BCUT2D eigenvalue weighted by atomic mass is 19.1. The Balaban J connectivity index is 2.87. The van der Waals surface area contributed by atoms with E-state index in [-0.39, 0.29) is 30.2 Å². The molecule has 0 fully saturated rings. The van der Waals surface area contributed by atoms with E-state index in [1.165, 1.54) is 6.07 Å². The third kappa shape index (κ3) is 4.17. The van der Waals surface area contributed by atoms with Crippen LogP contribution in [0.25, 0.3) is 0 Å². The zero-order valence-corrected chi connectivity index (χ0v) is 11.5. The Hall–Kier alpha value is -1.68. The van der Waals surface area contributed by atoms with Crippen LogP contribution in [0.15, 0.2) is 36.9 Å². The summed E-state index contributed by atoms with van der Waals surface area (Å²) in [4.78, 5) is 13.8. The van der Waals surface area contributed by atoms with Crippen molar-refractivity contribution in [3.63, 3.8) is 0 Å². The van der Waals surface area contributed by atoms with Crippen LogP contribution in [0.2, 0.25) is 0 Å². The lowest BCUT2D eigenvalue weighted by molar-refractivity contribution is -0.135. The van der Waals surface area contributed by atoms with Gasteiger partial charge in [0.25, 0.3) is 0 Å². The summed E-state index contributed by atoms with van der Waals surface area (Å²) in [6, 6.07) is 6.21. The second-order valence-corrected chi connectivity index (χ2v) is 4.75. The van der Waals surface area contributed by atoms with Gasteiger partial charge in [0.2, 0.25) is 5.91 Å². The molecule has 3 nitrogen and oxygen atoms in total. The number of rotatable bonds is 6. The van der Waals surface area contributed by atoms with Crippen molar-refractivity contribution in [2.75, 3.05) is 6.54 Å². The van der Waals surface area contributed by atoms with Crippen molar-refractivity contribution in [1.29, 1.82) is 0 Å². The Labute approximate surface area is 113 Å². The predicted molar refractivity (Wildman–Crippen MR) is 74.8 cm³/mol. The first-order valence-corrected chi connectivity index (χ1v) is 6.36. The van der Waals surface area contributed by atoms with Crippen LogP contribution in [0.1, 0.15) is 19.4 Å². The number of carbonyl (C=O) groups excluding carboxylic acids is 1. The molecular weight excluding hydrogens is 243 g/mol. The van der Waals surface area contributed by atoms with Gasteiger partial charge in [-0.2, -0.15) is 0 Å². The van der Waals surface area contributed by atoms with Crippen LogP contribution in [0.5, 0.6) is 0 Å². The lowest BCUT2D eigenvalue weighted by atomic mass is 10.0. The summed E-state index contributed by atoms with van der Waals surface area (Å²) in [6.07, 6.45) is 1.63. The number of nitrogens with two attached hydrogens (primary N) is 1. The van der Waals surface area contributed by atoms with Gasteiger partial charge in [-0.25, -0.2) is 4.39 Å². The molecular formula is C15H21FN2O. The fourth-order valence-corrected chi connectivity index (χ4v) is 1.73. The second-order valence-electron chi connectivity index (χ2n) is 4.75. The Kier molecular flexibility index (Phi) is 5.70. The van der Waals surface area contributed by atoms with Crippen LogP contribution in [-0.4, -0.2) is 23.4 Å². The highest BCUT2D eigenvalue weighted by Gasteiger charge is 2.23. The zero-order chi connectivity index (χ0) is 14.4. The van der Waals surface area contributed by atoms with Gasteiger partial charge < -0.3 is 10.6 Å². The molecule has 0 radical (unpaired) electrons. The van der Waals surface area contributed by atoms with Gasteiger partial charge in [0, 0.05) is 24.7 Å². The molecule has 2 unspecified atom stereocenters. The van der Waals surface area contributed by atoms with Crippen molar-refractivity contribution in [3.8, 4) is 0 Å². The molecule has 0 aliphatic carbocycles. The van der Waals surface area contributed by atoms with E-state index >= 15 is 0 Å². The Morgan fingerprint density at radius 2 is 2.11 bits per heavy atom. The van der Waals surface area contributed by atoms with E-state index < -0.39 is 0 Å². The largest absolute Gasteiger partial charge is 0.334 e. The Morgan fingerprint density at radius 3 is 2.63 bits per heavy atom. The number of halogens is 1. The maximum atomic E-state index is 13.6. The van der Waals surface area contributed by atoms with Gasteiger partial charge in [0.05, 0.1) is 5.92 Å². The third-order valence-electron chi connectivity index (χ3n) is 3.16. The monoisotopic (exact) mass is 264 g/mol. The van der Waals surface area contributed by atoms with E-state index in [9.17, 15) is 9.18 Å². The summed E-state index contributed by atoms with van der Waals surface area (Å²) < 4.78 is 13.6. The van der Waals surface area contributed by atoms with Gasteiger partial charge in [-0.15, -0.1) is 6.58 Å². The van der Waals surface area contributed by atoms with Crippen LogP contribution in [-0.2, 0) is 11.3 Å². The molecule has 4 heteroatoms. The standard InChI is InChI=1S/C15H21FN2O/c1-4-9-18(15(19)11(2)12(3)17)10-13-7-5-6-8-14(13)16/h4-8,11-12H,1,9-10,17H2,2-3H3. The molecule has 0 saturated carbocycles. The minimum absolute atomic E-state index is 0.0850. The van der Waals surface area contributed by atoms with Gasteiger partial charge in [-0.3, -0.25) is 4.79 Å². The molecule has 0 bridgehead atoms. The summed E-state index contributed by atoms with van der Waals surface area (Å²) in [5.41, 5.74) is 6.24. The number of hydrogen-bond donors (Lipinski definition) is 1. The SMILES string of the molecule is C=CCN(Cc1ccccc1F)C(=O)C(C)C(C)N. The van der Waals surface area contributed by atoms with Gasteiger partial charge in [-0.05, 0) is 13.0 Å². The molecule has 104 valence electrons. The van der Waals surface area contributed by atoms with Crippen molar-refractivity contribution >= 4 is 5.91 Å². The number of benzene rings is 1. The molecule has 1 amide bonds. The molecule has 19 heavy (non-hydrogen) atoms. The fourth-order valence-electron chi connectivity index (χ4n) is 1.73. The summed E-state index contributed by atoms with van der Waals surface area (Å²) >= 11 is 0. The molecule has 1 aromatic rings. The lowest BCUT2D eigenvalue weighted by Gasteiger charge is -2.26. The Morgan fingerprint density at radius 1 is 1.47 bits per heavy atom. The van der Waals surface area contributed by atoms with Gasteiger partial charge in [-0.1, -0.05) is 31.2 Å². The fraction of sp³-hybridized carbons (Fsp3) is 0.400. The normalized spacial score (nSPS) is 13.7. The smallest absolute Gasteiger partial charge is 0.227 e. The summed E-state index contributed by atoms with van der Waals surface area (Å²) in [5, 5.41) is 0. The summed E-state index contributed by atoms with van der Waals surface area (Å²) in [7, 11) is 0. The molecule has 0 aliphatic heterocycles. The molecule has 0 heterocycles. The summed E-state index contributed by atoms with van der Waals surface area (Å²) in [6.45, 7) is 7.81. The number of nitrogens with zero attached hydrogens (tertiary/aromatic N) is 1. The average molecular weight is 264 g/mol. The molecule has 0 aliphatic rings. The lowest BCUT2D eigenvalue weighted by Crippen LogP contribution is -2.41. The molecule has 2 N–H and O–H groups in total. The predicted octanol–water partition coefficient (Wildman–Crippen LogP) is 2.32. The maximum Gasteiger partial charge on any atom is 0.227 e. The van der Waals surface area contributed by atoms with E-state index in [0.717, 1.165) is 0 Å². The molecule has 2 atom stereocenters. The van der Waals surface area contributed by atoms with Gasteiger partial charge >= 0.3 is 0 Å². The van der Waals surface area contributed by atoms with E-state index in [1.807, 2.05) is 0 Å². The van der Waals surface area contributed by atoms with Crippen molar-refractivity contribution in [1.82, 2.24) is 4.90 Å². The van der Waals surface area contributed by atoms with Gasteiger partial charge in [0.15, 0.2) is 0 Å². The Bertz CT molecular complexity index is 446. The van der Waals surface area contributed by atoms with Crippen LogP contribution >= 0.6 is 0 Å². The van der Waals surface area contributed by atoms with Crippen molar-refractivity contribution in [2.24, 2.45) is 11.7 Å². The van der Waals surface area contributed by atoms with Crippen LogP contribution in [0, 0.1) is 11.7 Å². The van der Waals surface area contributed by atoms with E-state index in [1.54, 1.807) is 43.0 Å². The number of hydrogen-bond acceptors (Lipinski definition) is 2. The van der Waals surface area contributed by atoms with Crippen LogP contribution in [0.3, 0.4) is 0 Å². The van der Waals surface area contributed by atoms with E-state index in [4.69, 9.17) is 5.73 Å². The first-order chi connectivity index (χ1) is 8.97. The second kappa shape index (κ2) is 7.04. The minimum atomic E-state index is -0.308. The molecule has 0 spiro atoms. The summed E-state index contributed by atoms with van der Waals surface area (Å²) in [5.74, 6) is -0.692. The molecule has 1 rings (SSSR count). The van der Waals surface area contributed by atoms with Crippen LogP contribution < -0.4 is 5.73 Å². The van der Waals surface area contributed by atoms with Gasteiger partial charge in [0.1, 0.15) is 5.82 Å². The number of amides is 1. The third-order valence-corrected chi connectivity index (χ3v) is 3.16. The van der Waals surface area contributed by atoms with E-state index in [0.29, 0.717) is 12.1 Å². The zero-order valence-electron chi connectivity index (χ0n) is 11.5. The highest BCUT2D eigenvalue weighted by molar-refractivity contribution is 5.79. The maximum absolute atomic E-state index is 13.6. The molecule has 1 aromatic carbocycles. The molecule has 0 saturated heterocycles. The minimum Gasteiger partial charge on any atom is -0.334 e. The first-order valence-electron chi connectivity index (χ1n) is 6.36. The number of carbonyl (C=O) groups is 1.